The Balaban J connectivity index is 1.70. The molecule has 0 atom stereocenters. The SMILES string of the molecule is COc1ccc(CC(=O)Nc2c(-c3ccc(OC)c(OC)c3)cnn2-c2ccccc2)cc1OC. The molecular formula is C27H27N3O5. The van der Waals surface area contributed by atoms with Crippen LogP contribution >= 0.6 is 0 Å². The molecule has 1 heterocycles. The molecule has 3 aromatic carbocycles. The number of aromatic nitrogens is 2. The standard InChI is InChI=1S/C27H27N3O5/c1-32-22-12-10-18(14-24(22)34-3)15-26(31)29-27-21(17-28-30(27)20-8-6-5-7-9-20)19-11-13-23(33-2)25(16-19)35-4/h5-14,16-17H,15H2,1-4H3,(H,29,31). The number of nitrogens with one attached hydrogen (secondary N) is 1. The number of anilines is 1. The van der Waals surface area contributed by atoms with Gasteiger partial charge in [-0.2, -0.15) is 5.10 Å². The van der Waals surface area contributed by atoms with E-state index in [1.54, 1.807) is 51.5 Å². The maximum atomic E-state index is 13.2. The number of carbonyl (C=O) groups is 1. The average Bonchev–Trinajstić information content (AvgIpc) is 3.31. The number of benzene rings is 3. The second-order valence-electron chi connectivity index (χ2n) is 7.64. The van der Waals surface area contributed by atoms with Crippen molar-refractivity contribution >= 4 is 11.7 Å². The lowest BCUT2D eigenvalue weighted by Crippen LogP contribution is -2.18. The minimum absolute atomic E-state index is 0.145. The van der Waals surface area contributed by atoms with Gasteiger partial charge in [-0.15, -0.1) is 0 Å². The minimum Gasteiger partial charge on any atom is -0.493 e. The van der Waals surface area contributed by atoms with Crippen LogP contribution in [0.1, 0.15) is 5.56 Å². The van der Waals surface area contributed by atoms with Crippen molar-refractivity contribution < 1.29 is 23.7 Å². The molecule has 0 aliphatic heterocycles. The second kappa shape index (κ2) is 10.6. The Morgan fingerprint density at radius 2 is 1.43 bits per heavy atom. The summed E-state index contributed by atoms with van der Waals surface area (Å²) < 4.78 is 23.2. The first kappa shape index (κ1) is 23.7. The number of para-hydroxylation sites is 1. The molecule has 4 rings (SSSR count). The van der Waals surface area contributed by atoms with E-state index in [1.807, 2.05) is 54.6 Å². The summed E-state index contributed by atoms with van der Waals surface area (Å²) in [5, 5.41) is 7.62. The zero-order chi connectivity index (χ0) is 24.8. The Morgan fingerprint density at radius 1 is 0.800 bits per heavy atom. The molecule has 0 saturated carbocycles. The number of hydrogen-bond acceptors (Lipinski definition) is 6. The van der Waals surface area contributed by atoms with Crippen LogP contribution in [0.15, 0.2) is 72.9 Å². The predicted molar refractivity (Wildman–Crippen MR) is 134 cm³/mol. The van der Waals surface area contributed by atoms with Gasteiger partial charge in [0.05, 0.1) is 46.7 Å². The van der Waals surface area contributed by atoms with Crippen LogP contribution in [0.25, 0.3) is 16.8 Å². The molecule has 0 fully saturated rings. The van der Waals surface area contributed by atoms with Gasteiger partial charge in [-0.25, -0.2) is 4.68 Å². The van der Waals surface area contributed by atoms with Crippen molar-refractivity contribution in [3.63, 3.8) is 0 Å². The van der Waals surface area contributed by atoms with Gasteiger partial charge < -0.3 is 24.3 Å². The van der Waals surface area contributed by atoms with Crippen molar-refractivity contribution in [1.29, 1.82) is 0 Å². The number of nitrogens with zero attached hydrogens (tertiary/aromatic N) is 2. The molecule has 0 unspecified atom stereocenters. The molecule has 4 aromatic rings. The van der Waals surface area contributed by atoms with E-state index in [0.717, 1.165) is 22.4 Å². The molecule has 1 N–H and O–H groups in total. The summed E-state index contributed by atoms with van der Waals surface area (Å²) in [6.45, 7) is 0. The van der Waals surface area contributed by atoms with Crippen LogP contribution < -0.4 is 24.3 Å². The molecular weight excluding hydrogens is 446 g/mol. The summed E-state index contributed by atoms with van der Waals surface area (Å²) in [7, 11) is 6.31. The topological polar surface area (TPSA) is 83.8 Å². The van der Waals surface area contributed by atoms with E-state index in [-0.39, 0.29) is 12.3 Å². The van der Waals surface area contributed by atoms with Crippen LogP contribution in [-0.2, 0) is 11.2 Å². The van der Waals surface area contributed by atoms with Crippen LogP contribution in [0.3, 0.4) is 0 Å². The number of hydrogen-bond donors (Lipinski definition) is 1. The second-order valence-corrected chi connectivity index (χ2v) is 7.64. The summed E-state index contributed by atoms with van der Waals surface area (Å²) in [6, 6.07) is 20.6. The van der Waals surface area contributed by atoms with Gasteiger partial charge in [-0.1, -0.05) is 30.3 Å². The molecule has 0 aliphatic rings. The van der Waals surface area contributed by atoms with Crippen LogP contribution in [0.5, 0.6) is 23.0 Å². The third-order valence-electron chi connectivity index (χ3n) is 5.53. The first-order chi connectivity index (χ1) is 17.1. The molecule has 0 aliphatic carbocycles. The molecule has 1 amide bonds. The summed E-state index contributed by atoms with van der Waals surface area (Å²) >= 11 is 0. The van der Waals surface area contributed by atoms with E-state index < -0.39 is 0 Å². The van der Waals surface area contributed by atoms with E-state index in [9.17, 15) is 4.79 Å². The van der Waals surface area contributed by atoms with Gasteiger partial charge in [0.25, 0.3) is 0 Å². The van der Waals surface area contributed by atoms with Crippen LogP contribution in [-0.4, -0.2) is 44.1 Å². The number of carbonyl (C=O) groups excluding carboxylic acids is 1. The van der Waals surface area contributed by atoms with Gasteiger partial charge in [0.15, 0.2) is 23.0 Å². The van der Waals surface area contributed by atoms with Crippen LogP contribution in [0, 0.1) is 0 Å². The molecule has 8 nitrogen and oxygen atoms in total. The largest absolute Gasteiger partial charge is 0.493 e. The summed E-state index contributed by atoms with van der Waals surface area (Å²) in [6.07, 6.45) is 1.87. The number of methoxy groups -OCH3 is 4. The van der Waals surface area contributed by atoms with E-state index in [2.05, 4.69) is 10.4 Å². The summed E-state index contributed by atoms with van der Waals surface area (Å²) in [4.78, 5) is 13.2. The van der Waals surface area contributed by atoms with E-state index in [1.165, 1.54) is 0 Å². The molecule has 0 radical (unpaired) electrons. The molecule has 8 heteroatoms. The lowest BCUT2D eigenvalue weighted by molar-refractivity contribution is -0.115. The smallest absolute Gasteiger partial charge is 0.229 e. The first-order valence-electron chi connectivity index (χ1n) is 10.9. The minimum atomic E-state index is -0.198. The third-order valence-corrected chi connectivity index (χ3v) is 5.53. The maximum absolute atomic E-state index is 13.2. The Bertz CT molecular complexity index is 1320. The molecule has 0 bridgehead atoms. The van der Waals surface area contributed by atoms with Gasteiger partial charge in [-0.05, 0) is 47.5 Å². The Labute approximate surface area is 204 Å². The summed E-state index contributed by atoms with van der Waals surface area (Å²) in [5.74, 6) is 2.73. The van der Waals surface area contributed by atoms with Crippen molar-refractivity contribution in [2.75, 3.05) is 33.8 Å². The van der Waals surface area contributed by atoms with Crippen molar-refractivity contribution in [3.05, 3.63) is 78.5 Å². The lowest BCUT2D eigenvalue weighted by Gasteiger charge is -2.14. The maximum Gasteiger partial charge on any atom is 0.229 e. The fourth-order valence-corrected chi connectivity index (χ4v) is 3.80. The molecule has 0 saturated heterocycles. The van der Waals surface area contributed by atoms with Crippen LogP contribution in [0.4, 0.5) is 5.82 Å². The van der Waals surface area contributed by atoms with Gasteiger partial charge in [-0.3, -0.25) is 4.79 Å². The first-order valence-corrected chi connectivity index (χ1v) is 10.9. The fraction of sp³-hybridized carbons (Fsp3) is 0.185. The van der Waals surface area contributed by atoms with E-state index in [0.29, 0.717) is 28.8 Å². The zero-order valence-electron chi connectivity index (χ0n) is 20.1. The van der Waals surface area contributed by atoms with E-state index >= 15 is 0 Å². The third kappa shape index (κ3) is 5.06. The van der Waals surface area contributed by atoms with Crippen LogP contribution in [0.2, 0.25) is 0 Å². The normalized spacial score (nSPS) is 10.5. The van der Waals surface area contributed by atoms with Crippen molar-refractivity contribution in [2.45, 2.75) is 6.42 Å². The highest BCUT2D eigenvalue weighted by Gasteiger charge is 2.19. The summed E-state index contributed by atoms with van der Waals surface area (Å²) in [5.41, 5.74) is 3.18. The van der Waals surface area contributed by atoms with E-state index in [4.69, 9.17) is 18.9 Å². The fourth-order valence-electron chi connectivity index (χ4n) is 3.80. The zero-order valence-corrected chi connectivity index (χ0v) is 20.1. The predicted octanol–water partition coefficient (Wildman–Crippen LogP) is 4.75. The highest BCUT2D eigenvalue weighted by Crippen LogP contribution is 2.36. The average molecular weight is 474 g/mol. The Morgan fingerprint density at radius 3 is 2.09 bits per heavy atom. The molecule has 1 aromatic heterocycles. The number of amides is 1. The number of ether oxygens (including phenoxy) is 4. The number of rotatable bonds is 9. The highest BCUT2D eigenvalue weighted by atomic mass is 16.5. The Kier molecular flexibility index (Phi) is 7.21. The van der Waals surface area contributed by atoms with Crippen molar-refractivity contribution in [3.8, 4) is 39.8 Å². The van der Waals surface area contributed by atoms with Gasteiger partial charge in [0.2, 0.25) is 5.91 Å². The van der Waals surface area contributed by atoms with Gasteiger partial charge in [0, 0.05) is 5.56 Å². The molecule has 180 valence electrons. The molecule has 35 heavy (non-hydrogen) atoms. The van der Waals surface area contributed by atoms with Crippen molar-refractivity contribution in [1.82, 2.24) is 9.78 Å². The highest BCUT2D eigenvalue weighted by molar-refractivity contribution is 5.96. The van der Waals surface area contributed by atoms with Crippen molar-refractivity contribution in [2.24, 2.45) is 0 Å². The van der Waals surface area contributed by atoms with Gasteiger partial charge >= 0.3 is 0 Å². The Hall–Kier alpha value is -4.46. The monoisotopic (exact) mass is 473 g/mol. The quantitative estimate of drug-likeness (QED) is 0.378. The lowest BCUT2D eigenvalue weighted by atomic mass is 10.1. The molecule has 0 spiro atoms. The van der Waals surface area contributed by atoms with Gasteiger partial charge in [0.1, 0.15) is 5.82 Å².